The third-order valence-corrected chi connectivity index (χ3v) is 5.68. The van der Waals surface area contributed by atoms with Crippen LogP contribution < -0.4 is 9.47 Å². The average Bonchev–Trinajstić information content (AvgIpc) is 3.24. The molecule has 0 amide bonds. The molecule has 2 aliphatic heterocycles. The van der Waals surface area contributed by atoms with Gasteiger partial charge in [-0.15, -0.1) is 0 Å². The number of para-hydroxylation sites is 1. The molecule has 0 aliphatic carbocycles. The molecule has 2 aliphatic rings. The highest BCUT2D eigenvalue weighted by Gasteiger charge is 2.43. The highest BCUT2D eigenvalue weighted by molar-refractivity contribution is 6.03. The van der Waals surface area contributed by atoms with Crippen molar-refractivity contribution < 1.29 is 14.3 Å². The molecule has 0 fully saturated rings. The number of fused-ring (bicyclic) bond motifs is 3. The van der Waals surface area contributed by atoms with E-state index in [-0.39, 0.29) is 11.8 Å². The molecule has 0 unspecified atom stereocenters. The minimum atomic E-state index is -0.789. The number of hydrogen-bond donors (Lipinski definition) is 0. The van der Waals surface area contributed by atoms with Crippen LogP contribution in [-0.4, -0.2) is 29.8 Å². The maximum atomic E-state index is 13.3. The normalized spacial score (nSPS) is 19.4. The number of hydrazone groups is 1. The van der Waals surface area contributed by atoms with Crippen LogP contribution in [0.3, 0.4) is 0 Å². The summed E-state index contributed by atoms with van der Waals surface area (Å²) < 4.78 is 11.4. The van der Waals surface area contributed by atoms with Crippen LogP contribution in [0.5, 0.6) is 11.5 Å². The molecule has 5 nitrogen and oxygen atoms in total. The standard InChI is InChI=1S/C25H22N2O3/c1-16-7-9-18(10-8-16)24(28)25-27-22(20-5-3-4-6-23(20)30-25)15-21(26-27)17-11-13-19(29-2)14-12-17/h3-14,22,25H,15H2,1-2H3/t22-,25+/m0/s1. The van der Waals surface area contributed by atoms with Gasteiger partial charge in [0.15, 0.2) is 0 Å². The van der Waals surface area contributed by atoms with E-state index in [9.17, 15) is 4.79 Å². The number of ketones is 1. The highest BCUT2D eigenvalue weighted by atomic mass is 16.5. The molecule has 0 aromatic heterocycles. The molecule has 0 saturated heterocycles. The first-order valence-electron chi connectivity index (χ1n) is 10.0. The van der Waals surface area contributed by atoms with Crippen molar-refractivity contribution in [3.63, 3.8) is 0 Å². The Balaban J connectivity index is 1.53. The Morgan fingerprint density at radius 3 is 2.50 bits per heavy atom. The van der Waals surface area contributed by atoms with E-state index in [2.05, 4.69) is 0 Å². The Morgan fingerprint density at radius 2 is 1.77 bits per heavy atom. The van der Waals surface area contributed by atoms with E-state index in [4.69, 9.17) is 14.6 Å². The molecular formula is C25H22N2O3. The summed E-state index contributed by atoms with van der Waals surface area (Å²) in [5.41, 5.74) is 4.74. The number of rotatable bonds is 4. The maximum Gasteiger partial charge on any atom is 0.251 e. The number of hydrogen-bond acceptors (Lipinski definition) is 5. The Hall–Kier alpha value is -3.60. The van der Waals surface area contributed by atoms with Crippen LogP contribution in [0, 0.1) is 6.92 Å². The van der Waals surface area contributed by atoms with Gasteiger partial charge in [-0.05, 0) is 42.8 Å². The quantitative estimate of drug-likeness (QED) is 0.595. The first kappa shape index (κ1) is 18.4. The number of carbonyl (C=O) groups is 1. The van der Waals surface area contributed by atoms with Gasteiger partial charge >= 0.3 is 0 Å². The van der Waals surface area contributed by atoms with Crippen molar-refractivity contribution in [2.24, 2.45) is 5.10 Å². The first-order valence-corrected chi connectivity index (χ1v) is 10.0. The van der Waals surface area contributed by atoms with Crippen molar-refractivity contribution in [1.29, 1.82) is 0 Å². The number of Topliss-reactive ketones (excluding diaryl/α,β-unsaturated/α-hetero) is 1. The zero-order valence-electron chi connectivity index (χ0n) is 16.9. The Labute approximate surface area is 175 Å². The molecule has 30 heavy (non-hydrogen) atoms. The molecule has 2 atom stereocenters. The zero-order valence-corrected chi connectivity index (χ0v) is 16.9. The summed E-state index contributed by atoms with van der Waals surface area (Å²) in [6, 6.07) is 23.3. The van der Waals surface area contributed by atoms with E-state index < -0.39 is 6.23 Å². The lowest BCUT2D eigenvalue weighted by Crippen LogP contribution is -2.45. The second-order valence-electron chi connectivity index (χ2n) is 7.61. The monoisotopic (exact) mass is 398 g/mol. The van der Waals surface area contributed by atoms with Gasteiger partial charge in [0.1, 0.15) is 11.5 Å². The molecule has 0 radical (unpaired) electrons. The first-order chi connectivity index (χ1) is 14.6. The van der Waals surface area contributed by atoms with Crippen molar-refractivity contribution >= 4 is 11.5 Å². The second-order valence-corrected chi connectivity index (χ2v) is 7.61. The summed E-state index contributed by atoms with van der Waals surface area (Å²) in [4.78, 5) is 13.3. The van der Waals surface area contributed by atoms with Crippen molar-refractivity contribution in [2.45, 2.75) is 25.6 Å². The number of carbonyl (C=O) groups excluding carboxylic acids is 1. The van der Waals surface area contributed by atoms with Gasteiger partial charge < -0.3 is 9.47 Å². The number of nitrogens with zero attached hydrogens (tertiary/aromatic N) is 2. The van der Waals surface area contributed by atoms with E-state index >= 15 is 0 Å². The number of benzene rings is 3. The summed E-state index contributed by atoms with van der Waals surface area (Å²) >= 11 is 0. The summed E-state index contributed by atoms with van der Waals surface area (Å²) in [5, 5.41) is 6.67. The number of methoxy groups -OCH3 is 1. The lowest BCUT2D eigenvalue weighted by molar-refractivity contribution is -0.00455. The molecule has 5 heteroatoms. The van der Waals surface area contributed by atoms with Gasteiger partial charge in [0, 0.05) is 17.5 Å². The Kier molecular flexibility index (Phi) is 4.51. The van der Waals surface area contributed by atoms with Crippen LogP contribution >= 0.6 is 0 Å². The summed E-state index contributed by atoms with van der Waals surface area (Å²) in [6.07, 6.45) is -0.0759. The fourth-order valence-electron chi connectivity index (χ4n) is 4.03. The fraction of sp³-hybridized carbons (Fsp3) is 0.200. The van der Waals surface area contributed by atoms with Gasteiger partial charge in [0.2, 0.25) is 5.78 Å². The van der Waals surface area contributed by atoms with Gasteiger partial charge in [-0.2, -0.15) is 5.10 Å². The Bertz CT molecular complexity index is 1120. The predicted molar refractivity (Wildman–Crippen MR) is 115 cm³/mol. The van der Waals surface area contributed by atoms with E-state index in [0.717, 1.165) is 33.9 Å². The molecule has 0 bridgehead atoms. The number of aryl methyl sites for hydroxylation is 1. The van der Waals surface area contributed by atoms with Gasteiger partial charge in [-0.1, -0.05) is 48.0 Å². The minimum Gasteiger partial charge on any atom is -0.497 e. The average molecular weight is 398 g/mol. The topological polar surface area (TPSA) is 51.1 Å². The van der Waals surface area contributed by atoms with Gasteiger partial charge in [-0.3, -0.25) is 4.79 Å². The van der Waals surface area contributed by atoms with Crippen molar-refractivity contribution in [1.82, 2.24) is 5.01 Å². The molecule has 5 rings (SSSR count). The SMILES string of the molecule is COc1ccc(C2=NN3[C@@H](C(=O)c4ccc(C)cc4)Oc4ccccc4[C@@H]3C2)cc1. The minimum absolute atomic E-state index is 0.0357. The zero-order chi connectivity index (χ0) is 20.7. The third-order valence-electron chi connectivity index (χ3n) is 5.68. The van der Waals surface area contributed by atoms with E-state index in [1.165, 1.54) is 0 Å². The second kappa shape index (κ2) is 7.34. The smallest absolute Gasteiger partial charge is 0.251 e. The van der Waals surface area contributed by atoms with Crippen molar-refractivity contribution in [3.8, 4) is 11.5 Å². The molecule has 0 N–H and O–H groups in total. The van der Waals surface area contributed by atoms with Crippen molar-refractivity contribution in [3.05, 3.63) is 95.1 Å². The van der Waals surface area contributed by atoms with Crippen molar-refractivity contribution in [2.75, 3.05) is 7.11 Å². The largest absolute Gasteiger partial charge is 0.497 e. The highest BCUT2D eigenvalue weighted by Crippen LogP contribution is 2.43. The van der Waals surface area contributed by atoms with Crippen LogP contribution in [0.4, 0.5) is 0 Å². The molecule has 3 aromatic rings. The molecular weight excluding hydrogens is 376 g/mol. The van der Waals surface area contributed by atoms with Crippen LogP contribution in [-0.2, 0) is 0 Å². The molecule has 3 aromatic carbocycles. The van der Waals surface area contributed by atoms with E-state index in [0.29, 0.717) is 12.0 Å². The molecule has 150 valence electrons. The third kappa shape index (κ3) is 3.12. The molecule has 2 heterocycles. The summed E-state index contributed by atoms with van der Waals surface area (Å²) in [6.45, 7) is 2.00. The van der Waals surface area contributed by atoms with E-state index in [1.807, 2.05) is 84.7 Å². The van der Waals surface area contributed by atoms with Crippen LogP contribution in [0.25, 0.3) is 0 Å². The summed E-state index contributed by atoms with van der Waals surface area (Å²) in [7, 11) is 1.65. The fourth-order valence-corrected chi connectivity index (χ4v) is 4.03. The number of ether oxygens (including phenoxy) is 2. The van der Waals surface area contributed by atoms with Gasteiger partial charge in [0.05, 0.1) is 18.9 Å². The Morgan fingerprint density at radius 1 is 1.03 bits per heavy atom. The van der Waals surface area contributed by atoms with Crippen LogP contribution in [0.2, 0.25) is 0 Å². The van der Waals surface area contributed by atoms with Crippen LogP contribution in [0.15, 0.2) is 77.9 Å². The molecule has 0 spiro atoms. The van der Waals surface area contributed by atoms with Gasteiger partial charge in [0.25, 0.3) is 6.23 Å². The predicted octanol–water partition coefficient (Wildman–Crippen LogP) is 4.76. The lowest BCUT2D eigenvalue weighted by atomic mass is 9.95. The van der Waals surface area contributed by atoms with Crippen LogP contribution in [0.1, 0.15) is 39.5 Å². The summed E-state index contributed by atoms with van der Waals surface area (Å²) in [5.74, 6) is 1.46. The lowest BCUT2D eigenvalue weighted by Gasteiger charge is -2.37. The molecule has 0 saturated carbocycles. The van der Waals surface area contributed by atoms with E-state index in [1.54, 1.807) is 7.11 Å². The van der Waals surface area contributed by atoms with Gasteiger partial charge in [-0.25, -0.2) is 5.01 Å². The maximum absolute atomic E-state index is 13.3.